The standard InChI is InChI=1S/C18H20N/c1-3-9-16(10-4-1)15-19-14-8-7-13-18(19)17-11-5-2-6-12-17/h1-6,9-12H,7-8,13-15H2/q+1. The molecule has 2 aromatic rings. The second-order valence-corrected chi connectivity index (χ2v) is 5.18. The van der Waals surface area contributed by atoms with E-state index in [2.05, 4.69) is 65.2 Å². The number of rotatable bonds is 3. The maximum atomic E-state index is 2.55. The largest absolute Gasteiger partial charge is 0.229 e. The van der Waals surface area contributed by atoms with E-state index in [1.54, 1.807) is 0 Å². The molecule has 2 aromatic carbocycles. The molecule has 96 valence electrons. The molecule has 1 heterocycles. The van der Waals surface area contributed by atoms with Gasteiger partial charge >= 0.3 is 0 Å². The minimum atomic E-state index is 1.03. The lowest BCUT2D eigenvalue weighted by Gasteiger charge is -2.15. The second-order valence-electron chi connectivity index (χ2n) is 5.18. The van der Waals surface area contributed by atoms with Crippen LogP contribution in [0.15, 0.2) is 60.7 Å². The fourth-order valence-electron chi connectivity index (χ4n) is 2.82. The van der Waals surface area contributed by atoms with Gasteiger partial charge in [-0.15, -0.1) is 0 Å². The summed E-state index contributed by atoms with van der Waals surface area (Å²) in [6, 6.07) is 21.6. The Hall–Kier alpha value is -1.89. The van der Waals surface area contributed by atoms with Gasteiger partial charge in [-0.1, -0.05) is 48.5 Å². The fourth-order valence-corrected chi connectivity index (χ4v) is 2.82. The summed E-state index contributed by atoms with van der Waals surface area (Å²) in [5, 5.41) is 0. The van der Waals surface area contributed by atoms with Crippen molar-refractivity contribution in [1.29, 1.82) is 0 Å². The molecule has 0 atom stereocenters. The van der Waals surface area contributed by atoms with Gasteiger partial charge in [0.15, 0.2) is 12.3 Å². The number of hydrogen-bond acceptors (Lipinski definition) is 0. The molecule has 0 saturated heterocycles. The van der Waals surface area contributed by atoms with Crippen LogP contribution in [0.2, 0.25) is 0 Å². The van der Waals surface area contributed by atoms with Gasteiger partial charge in [0.1, 0.15) is 6.54 Å². The average Bonchev–Trinajstić information content (AvgIpc) is 2.50. The molecular weight excluding hydrogens is 230 g/mol. The first-order chi connectivity index (χ1) is 9.43. The Morgan fingerprint density at radius 1 is 0.789 bits per heavy atom. The highest BCUT2D eigenvalue weighted by Crippen LogP contribution is 2.15. The number of nitrogens with zero attached hydrogens (tertiary/aromatic N) is 1. The summed E-state index contributed by atoms with van der Waals surface area (Å²) in [4.78, 5) is 0. The van der Waals surface area contributed by atoms with Crippen LogP contribution >= 0.6 is 0 Å². The Labute approximate surface area is 115 Å². The van der Waals surface area contributed by atoms with E-state index in [0.717, 1.165) is 6.54 Å². The van der Waals surface area contributed by atoms with Crippen molar-refractivity contribution < 1.29 is 4.58 Å². The van der Waals surface area contributed by atoms with Gasteiger partial charge in [0.25, 0.3) is 0 Å². The first kappa shape index (κ1) is 12.2. The summed E-state index contributed by atoms with van der Waals surface area (Å²) >= 11 is 0. The van der Waals surface area contributed by atoms with E-state index in [1.807, 2.05) is 0 Å². The maximum absolute atomic E-state index is 2.55. The molecule has 0 spiro atoms. The Balaban J connectivity index is 1.93. The summed E-state index contributed by atoms with van der Waals surface area (Å²) in [6.45, 7) is 2.21. The third kappa shape index (κ3) is 2.93. The molecule has 1 aliphatic rings. The van der Waals surface area contributed by atoms with Crippen molar-refractivity contribution in [3.63, 3.8) is 0 Å². The quantitative estimate of drug-likeness (QED) is 0.727. The van der Waals surface area contributed by atoms with Crippen LogP contribution in [-0.4, -0.2) is 16.8 Å². The lowest BCUT2D eigenvalue weighted by atomic mass is 10.0. The molecule has 0 fully saturated rings. The summed E-state index contributed by atoms with van der Waals surface area (Å²) in [7, 11) is 0. The van der Waals surface area contributed by atoms with Crippen LogP contribution in [0.1, 0.15) is 30.4 Å². The summed E-state index contributed by atoms with van der Waals surface area (Å²) in [5.74, 6) is 0. The predicted molar refractivity (Wildman–Crippen MR) is 79.7 cm³/mol. The number of benzene rings is 2. The highest BCUT2D eigenvalue weighted by molar-refractivity contribution is 5.96. The minimum absolute atomic E-state index is 1.03. The van der Waals surface area contributed by atoms with E-state index in [1.165, 1.54) is 42.6 Å². The van der Waals surface area contributed by atoms with Crippen molar-refractivity contribution in [2.45, 2.75) is 25.8 Å². The first-order valence-electron chi connectivity index (χ1n) is 7.13. The van der Waals surface area contributed by atoms with Gasteiger partial charge in [-0.2, -0.15) is 0 Å². The van der Waals surface area contributed by atoms with Crippen molar-refractivity contribution >= 4 is 5.71 Å². The summed E-state index contributed by atoms with van der Waals surface area (Å²) in [6.07, 6.45) is 3.83. The molecule has 0 amide bonds. The molecule has 0 saturated carbocycles. The van der Waals surface area contributed by atoms with Gasteiger partial charge in [0.05, 0.1) is 0 Å². The summed E-state index contributed by atoms with van der Waals surface area (Å²) < 4.78 is 2.55. The van der Waals surface area contributed by atoms with Crippen molar-refractivity contribution in [2.75, 3.05) is 6.54 Å². The van der Waals surface area contributed by atoms with Gasteiger partial charge < -0.3 is 0 Å². The zero-order chi connectivity index (χ0) is 12.9. The third-order valence-corrected chi connectivity index (χ3v) is 3.80. The van der Waals surface area contributed by atoms with Gasteiger partial charge in [0, 0.05) is 24.0 Å². The Kier molecular flexibility index (Phi) is 3.73. The SMILES string of the molecule is c1ccc(C[N+]2=C(c3ccccc3)CCCC2)cc1. The zero-order valence-electron chi connectivity index (χ0n) is 11.3. The molecule has 0 radical (unpaired) electrons. The van der Waals surface area contributed by atoms with Crippen LogP contribution in [0, 0.1) is 0 Å². The topological polar surface area (TPSA) is 3.01 Å². The molecule has 0 aromatic heterocycles. The lowest BCUT2D eigenvalue weighted by Crippen LogP contribution is -2.27. The third-order valence-electron chi connectivity index (χ3n) is 3.80. The van der Waals surface area contributed by atoms with Crippen LogP contribution in [-0.2, 0) is 6.54 Å². The highest BCUT2D eigenvalue weighted by Gasteiger charge is 2.21. The maximum Gasteiger partial charge on any atom is 0.183 e. The Morgan fingerprint density at radius 2 is 1.47 bits per heavy atom. The van der Waals surface area contributed by atoms with Crippen LogP contribution in [0.4, 0.5) is 0 Å². The fraction of sp³-hybridized carbons (Fsp3) is 0.278. The number of hydrogen-bond donors (Lipinski definition) is 0. The van der Waals surface area contributed by atoms with E-state index in [4.69, 9.17) is 0 Å². The molecule has 0 N–H and O–H groups in total. The predicted octanol–water partition coefficient (Wildman–Crippen LogP) is 3.87. The minimum Gasteiger partial charge on any atom is -0.229 e. The van der Waals surface area contributed by atoms with Gasteiger partial charge in [0.2, 0.25) is 0 Å². The van der Waals surface area contributed by atoms with E-state index >= 15 is 0 Å². The van der Waals surface area contributed by atoms with E-state index in [-0.39, 0.29) is 0 Å². The molecule has 19 heavy (non-hydrogen) atoms. The Morgan fingerprint density at radius 3 is 2.21 bits per heavy atom. The highest BCUT2D eigenvalue weighted by atomic mass is 15.0. The molecule has 0 aliphatic carbocycles. The van der Waals surface area contributed by atoms with Crippen molar-refractivity contribution in [1.82, 2.24) is 0 Å². The normalized spacial score (nSPS) is 15.6. The molecule has 0 bridgehead atoms. The Bertz CT molecular complexity index is 555. The molecule has 3 rings (SSSR count). The molecule has 1 nitrogen and oxygen atoms in total. The van der Waals surface area contributed by atoms with Crippen LogP contribution in [0.5, 0.6) is 0 Å². The molecule has 1 heteroatoms. The second kappa shape index (κ2) is 5.83. The lowest BCUT2D eigenvalue weighted by molar-refractivity contribution is -0.548. The van der Waals surface area contributed by atoms with Crippen molar-refractivity contribution in [3.8, 4) is 0 Å². The van der Waals surface area contributed by atoms with Crippen molar-refractivity contribution in [3.05, 3.63) is 71.8 Å². The summed E-state index contributed by atoms with van der Waals surface area (Å²) in [5.41, 5.74) is 4.30. The zero-order valence-corrected chi connectivity index (χ0v) is 11.3. The van der Waals surface area contributed by atoms with Crippen LogP contribution in [0.3, 0.4) is 0 Å². The van der Waals surface area contributed by atoms with E-state index in [0.29, 0.717) is 0 Å². The van der Waals surface area contributed by atoms with E-state index in [9.17, 15) is 0 Å². The average molecular weight is 250 g/mol. The van der Waals surface area contributed by atoms with Crippen molar-refractivity contribution in [2.24, 2.45) is 0 Å². The monoisotopic (exact) mass is 250 g/mol. The smallest absolute Gasteiger partial charge is 0.183 e. The van der Waals surface area contributed by atoms with Crippen LogP contribution < -0.4 is 0 Å². The van der Waals surface area contributed by atoms with Gasteiger partial charge in [-0.3, -0.25) is 0 Å². The van der Waals surface area contributed by atoms with Gasteiger partial charge in [-0.05, 0) is 18.6 Å². The van der Waals surface area contributed by atoms with Gasteiger partial charge in [-0.25, -0.2) is 4.58 Å². The molecule has 0 unspecified atom stereocenters. The molecular formula is C18H20N+. The first-order valence-corrected chi connectivity index (χ1v) is 7.13. The molecule has 1 aliphatic heterocycles. The van der Waals surface area contributed by atoms with Crippen LogP contribution in [0.25, 0.3) is 0 Å². The van der Waals surface area contributed by atoms with E-state index < -0.39 is 0 Å².